The number of hydrogen-bond acceptors (Lipinski definition) is 4. The van der Waals surface area contributed by atoms with Gasteiger partial charge in [0.1, 0.15) is 12.6 Å². The molecule has 2 amide bonds. The van der Waals surface area contributed by atoms with E-state index < -0.39 is 42.6 Å². The second-order valence-corrected chi connectivity index (χ2v) is 6.08. The van der Waals surface area contributed by atoms with Crippen molar-refractivity contribution in [2.75, 3.05) is 6.61 Å². The summed E-state index contributed by atoms with van der Waals surface area (Å²) in [5.41, 5.74) is 9.46. The Hall–Kier alpha value is -2.74. The van der Waals surface area contributed by atoms with Gasteiger partial charge in [0.15, 0.2) is 0 Å². The van der Waals surface area contributed by atoms with Crippen LogP contribution in [-0.2, 0) is 16.0 Å². The molecule has 1 fully saturated rings. The maximum Gasteiger partial charge on any atom is 0.416 e. The molecule has 0 saturated carbocycles. The van der Waals surface area contributed by atoms with Gasteiger partial charge in [0.05, 0.1) is 6.04 Å². The molecule has 0 N–H and O–H groups in total. The Bertz CT molecular complexity index is 704. The lowest BCUT2D eigenvalue weighted by molar-refractivity contribution is -0.148. The van der Waals surface area contributed by atoms with Crippen LogP contribution in [0.15, 0.2) is 35.4 Å². The number of benzene rings is 1. The fourth-order valence-electron chi connectivity index (χ4n) is 2.85. The third-order valence-electron chi connectivity index (χ3n) is 4.03. The molecule has 1 aliphatic rings. The number of alkyl halides is 3. The molecule has 1 aromatic carbocycles. The quantitative estimate of drug-likeness (QED) is 0.432. The first-order valence-corrected chi connectivity index (χ1v) is 7.87. The van der Waals surface area contributed by atoms with E-state index in [1.165, 1.54) is 0 Å². The van der Waals surface area contributed by atoms with Crippen molar-refractivity contribution in [3.8, 4) is 0 Å². The molecule has 0 aromatic heterocycles. The molecule has 0 spiro atoms. The van der Waals surface area contributed by atoms with Crippen LogP contribution in [0, 0.1) is 5.92 Å². The Morgan fingerprint density at radius 2 is 2.08 bits per heavy atom. The average molecular weight is 370 g/mol. The highest BCUT2D eigenvalue weighted by Gasteiger charge is 2.44. The van der Waals surface area contributed by atoms with Crippen LogP contribution < -0.4 is 0 Å². The maximum atomic E-state index is 12.7. The van der Waals surface area contributed by atoms with Crippen LogP contribution in [0.3, 0.4) is 0 Å². The highest BCUT2D eigenvalue weighted by atomic mass is 19.4. The Morgan fingerprint density at radius 1 is 1.42 bits per heavy atom. The Balaban J connectivity index is 2.21. The van der Waals surface area contributed by atoms with Gasteiger partial charge in [0.2, 0.25) is 5.91 Å². The van der Waals surface area contributed by atoms with Crippen molar-refractivity contribution in [1.29, 1.82) is 0 Å². The standard InChI is InChI=1S/C16H17F3N4O3/c1-10(8-16(17,18)19)13(21-22-20)14(24)23-12(9-26-15(23)25)7-11-5-3-2-4-6-11/h2-6,10,12-13H,7-9H2,1H3/t10-,12+,13?/m1/s1. The number of halogens is 3. The van der Waals surface area contributed by atoms with Gasteiger partial charge < -0.3 is 4.74 Å². The van der Waals surface area contributed by atoms with Crippen molar-refractivity contribution in [3.63, 3.8) is 0 Å². The van der Waals surface area contributed by atoms with Crippen molar-refractivity contribution in [2.24, 2.45) is 11.0 Å². The summed E-state index contributed by atoms with van der Waals surface area (Å²) >= 11 is 0. The van der Waals surface area contributed by atoms with Crippen LogP contribution in [0.1, 0.15) is 18.9 Å². The van der Waals surface area contributed by atoms with Crippen molar-refractivity contribution >= 4 is 12.0 Å². The number of ether oxygens (including phenoxy) is 1. The molecule has 26 heavy (non-hydrogen) atoms. The molecule has 1 unspecified atom stereocenters. The van der Waals surface area contributed by atoms with E-state index in [1.54, 1.807) is 30.3 Å². The highest BCUT2D eigenvalue weighted by molar-refractivity contribution is 5.96. The van der Waals surface area contributed by atoms with E-state index in [0.29, 0.717) is 0 Å². The fraction of sp³-hybridized carbons (Fsp3) is 0.500. The van der Waals surface area contributed by atoms with Gasteiger partial charge in [-0.15, -0.1) is 0 Å². The van der Waals surface area contributed by atoms with E-state index in [0.717, 1.165) is 17.4 Å². The van der Waals surface area contributed by atoms with Crippen molar-refractivity contribution in [2.45, 2.75) is 38.0 Å². The number of azide groups is 1. The number of carbonyl (C=O) groups excluding carboxylic acids is 2. The van der Waals surface area contributed by atoms with Crippen LogP contribution >= 0.6 is 0 Å². The van der Waals surface area contributed by atoms with E-state index in [9.17, 15) is 22.8 Å². The minimum atomic E-state index is -4.53. The maximum absolute atomic E-state index is 12.7. The number of cyclic esters (lactones) is 1. The lowest BCUT2D eigenvalue weighted by Gasteiger charge is -2.26. The van der Waals surface area contributed by atoms with Gasteiger partial charge in [-0.05, 0) is 23.4 Å². The normalized spacial score (nSPS) is 19.5. The highest BCUT2D eigenvalue weighted by Crippen LogP contribution is 2.29. The fourth-order valence-corrected chi connectivity index (χ4v) is 2.85. The zero-order chi connectivity index (χ0) is 19.3. The molecular formula is C16H17F3N4O3. The molecule has 7 nitrogen and oxygen atoms in total. The molecule has 2 rings (SSSR count). The summed E-state index contributed by atoms with van der Waals surface area (Å²) in [6.07, 6.45) is -6.50. The summed E-state index contributed by atoms with van der Waals surface area (Å²) < 4.78 is 42.8. The van der Waals surface area contributed by atoms with Crippen LogP contribution in [0.2, 0.25) is 0 Å². The first kappa shape index (κ1) is 19.6. The number of imide groups is 1. The van der Waals surface area contributed by atoms with Crippen LogP contribution in [0.25, 0.3) is 10.4 Å². The number of carbonyl (C=O) groups is 2. The smallest absolute Gasteiger partial charge is 0.416 e. The lowest BCUT2D eigenvalue weighted by Crippen LogP contribution is -2.47. The minimum Gasteiger partial charge on any atom is -0.447 e. The predicted octanol–water partition coefficient (Wildman–Crippen LogP) is 3.84. The summed E-state index contributed by atoms with van der Waals surface area (Å²) in [7, 11) is 0. The van der Waals surface area contributed by atoms with Crippen molar-refractivity contribution in [3.05, 3.63) is 46.3 Å². The number of rotatable bonds is 6. The minimum absolute atomic E-state index is 0.0733. The van der Waals surface area contributed by atoms with E-state index in [-0.39, 0.29) is 13.0 Å². The van der Waals surface area contributed by atoms with E-state index >= 15 is 0 Å². The summed E-state index contributed by atoms with van der Waals surface area (Å²) in [6, 6.07) is 6.64. The number of hydrogen-bond donors (Lipinski definition) is 0. The lowest BCUT2D eigenvalue weighted by atomic mass is 9.96. The Labute approximate surface area is 147 Å². The molecule has 0 radical (unpaired) electrons. The summed E-state index contributed by atoms with van der Waals surface area (Å²) in [4.78, 5) is 27.9. The van der Waals surface area contributed by atoms with Gasteiger partial charge in [0.25, 0.3) is 0 Å². The second-order valence-electron chi connectivity index (χ2n) is 6.08. The first-order chi connectivity index (χ1) is 12.2. The van der Waals surface area contributed by atoms with Gasteiger partial charge >= 0.3 is 12.3 Å². The Kier molecular flexibility index (Phi) is 6.10. The third-order valence-corrected chi connectivity index (χ3v) is 4.03. The van der Waals surface area contributed by atoms with Crippen LogP contribution in [0.5, 0.6) is 0 Å². The first-order valence-electron chi connectivity index (χ1n) is 7.87. The van der Waals surface area contributed by atoms with Crippen molar-refractivity contribution < 1.29 is 27.5 Å². The van der Waals surface area contributed by atoms with Gasteiger partial charge in [-0.3, -0.25) is 4.79 Å². The number of nitrogens with zero attached hydrogens (tertiary/aromatic N) is 4. The summed E-state index contributed by atoms with van der Waals surface area (Å²) in [5.74, 6) is -2.30. The molecule has 3 atom stereocenters. The van der Waals surface area contributed by atoms with Crippen LogP contribution in [0.4, 0.5) is 18.0 Å². The van der Waals surface area contributed by atoms with Gasteiger partial charge in [-0.2, -0.15) is 13.2 Å². The van der Waals surface area contributed by atoms with E-state index in [1.807, 2.05) is 0 Å². The molecule has 1 aliphatic heterocycles. The van der Waals surface area contributed by atoms with Crippen LogP contribution in [-0.4, -0.2) is 41.8 Å². The molecule has 10 heteroatoms. The average Bonchev–Trinajstić information content (AvgIpc) is 2.91. The molecule has 1 heterocycles. The van der Waals surface area contributed by atoms with Crippen molar-refractivity contribution in [1.82, 2.24) is 4.90 Å². The van der Waals surface area contributed by atoms with Gasteiger partial charge in [0, 0.05) is 11.3 Å². The predicted molar refractivity (Wildman–Crippen MR) is 84.9 cm³/mol. The zero-order valence-electron chi connectivity index (χ0n) is 13.9. The van der Waals surface area contributed by atoms with E-state index in [4.69, 9.17) is 10.3 Å². The molecule has 0 bridgehead atoms. The SMILES string of the molecule is C[C@H](CC(F)(F)F)C(N=[N+]=[N-])C(=O)N1C(=O)OC[C@@H]1Cc1ccccc1. The summed E-state index contributed by atoms with van der Waals surface area (Å²) in [6.45, 7) is 1.08. The molecule has 140 valence electrons. The molecular weight excluding hydrogens is 353 g/mol. The van der Waals surface area contributed by atoms with E-state index in [2.05, 4.69) is 10.0 Å². The topological polar surface area (TPSA) is 95.4 Å². The molecule has 0 aliphatic carbocycles. The molecule has 1 aromatic rings. The third kappa shape index (κ3) is 4.89. The monoisotopic (exact) mass is 370 g/mol. The van der Waals surface area contributed by atoms with Gasteiger partial charge in [-0.25, -0.2) is 9.69 Å². The largest absolute Gasteiger partial charge is 0.447 e. The summed E-state index contributed by atoms with van der Waals surface area (Å²) in [5, 5.41) is 3.21. The van der Waals surface area contributed by atoms with Gasteiger partial charge in [-0.1, -0.05) is 42.4 Å². The number of amides is 2. The molecule has 1 saturated heterocycles. The Morgan fingerprint density at radius 3 is 2.65 bits per heavy atom. The second kappa shape index (κ2) is 8.09. The zero-order valence-corrected chi connectivity index (χ0v) is 13.9.